The maximum Gasteiger partial charge on any atom is 0.323 e. The summed E-state index contributed by atoms with van der Waals surface area (Å²) in [5, 5.41) is 7.41. The molecule has 4 aliphatic carbocycles. The zero-order valence-electron chi connectivity index (χ0n) is 19.4. The van der Waals surface area contributed by atoms with Crippen LogP contribution in [0.25, 0.3) is 0 Å². The molecule has 0 aromatic carbocycles. The molecule has 4 rings (SSSR count). The molecule has 0 heterocycles. The van der Waals surface area contributed by atoms with Gasteiger partial charge < -0.3 is 15.4 Å². The Kier molecular flexibility index (Phi) is 6.33. The molecule has 0 aromatic rings. The summed E-state index contributed by atoms with van der Waals surface area (Å²) >= 11 is 0. The van der Waals surface area contributed by atoms with E-state index in [2.05, 4.69) is 38.3 Å². The van der Waals surface area contributed by atoms with Gasteiger partial charge in [0.25, 0.3) is 0 Å². The van der Waals surface area contributed by atoms with E-state index in [4.69, 9.17) is 4.74 Å². The predicted molar refractivity (Wildman–Crippen MR) is 117 cm³/mol. The first-order valence-electron chi connectivity index (χ1n) is 12.5. The second-order valence-corrected chi connectivity index (χ2v) is 11.1. The van der Waals surface area contributed by atoms with E-state index in [1.54, 1.807) is 0 Å². The van der Waals surface area contributed by atoms with Crippen LogP contribution in [0.1, 0.15) is 73.1 Å². The highest BCUT2D eigenvalue weighted by Gasteiger charge is 2.67. The van der Waals surface area contributed by atoms with Crippen molar-refractivity contribution in [3.05, 3.63) is 0 Å². The summed E-state index contributed by atoms with van der Waals surface area (Å²) in [5.41, 5.74) is 0.519. The van der Waals surface area contributed by atoms with Crippen molar-refractivity contribution >= 4 is 5.97 Å². The topological polar surface area (TPSA) is 50.4 Å². The van der Waals surface area contributed by atoms with E-state index in [1.807, 2.05) is 6.92 Å². The summed E-state index contributed by atoms with van der Waals surface area (Å²) in [6, 6.07) is 0.517. The molecule has 4 bridgehead atoms. The number of ether oxygens (including phenoxy) is 1. The smallest absolute Gasteiger partial charge is 0.323 e. The molecule has 4 saturated carbocycles. The zero-order chi connectivity index (χ0) is 20.8. The Hall–Kier alpha value is -0.610. The Morgan fingerprint density at radius 3 is 2.55 bits per heavy atom. The first-order chi connectivity index (χ1) is 13.9. The van der Waals surface area contributed by atoms with Crippen LogP contribution < -0.4 is 10.6 Å². The zero-order valence-corrected chi connectivity index (χ0v) is 19.4. The molecule has 10 unspecified atom stereocenters. The van der Waals surface area contributed by atoms with Gasteiger partial charge in [0.1, 0.15) is 6.04 Å². The summed E-state index contributed by atoms with van der Waals surface area (Å²) < 4.78 is 5.24. The number of fused-ring (bicyclic) bond motifs is 9. The molecule has 0 radical (unpaired) electrons. The quantitative estimate of drug-likeness (QED) is 0.422. The highest BCUT2D eigenvalue weighted by atomic mass is 16.5. The number of carbonyl (C=O) groups is 1. The van der Waals surface area contributed by atoms with E-state index in [-0.39, 0.29) is 12.0 Å². The van der Waals surface area contributed by atoms with Crippen LogP contribution in [0.4, 0.5) is 0 Å². The Morgan fingerprint density at radius 2 is 1.86 bits per heavy atom. The minimum atomic E-state index is -0.125. The molecule has 4 aliphatic rings. The fourth-order valence-corrected chi connectivity index (χ4v) is 8.13. The van der Waals surface area contributed by atoms with Crippen molar-refractivity contribution in [2.24, 2.45) is 46.8 Å². The molecule has 4 heteroatoms. The molecule has 0 saturated heterocycles. The van der Waals surface area contributed by atoms with Crippen molar-refractivity contribution in [2.45, 2.75) is 85.2 Å². The summed E-state index contributed by atoms with van der Waals surface area (Å²) in [5.74, 6) is 6.42. The second-order valence-electron chi connectivity index (χ2n) is 11.1. The molecular weight excluding hydrogens is 360 g/mol. The lowest BCUT2D eigenvalue weighted by molar-refractivity contribution is -0.145. The summed E-state index contributed by atoms with van der Waals surface area (Å²) in [6.07, 6.45) is 7.81. The molecule has 0 aromatic heterocycles. The molecule has 0 spiro atoms. The summed E-state index contributed by atoms with van der Waals surface area (Å²) in [6.45, 7) is 13.9. The number of rotatable bonds is 10. The molecule has 4 fully saturated rings. The summed E-state index contributed by atoms with van der Waals surface area (Å²) in [4.78, 5) is 12.1. The van der Waals surface area contributed by atoms with Crippen LogP contribution in [0, 0.1) is 46.8 Å². The van der Waals surface area contributed by atoms with E-state index in [0.717, 1.165) is 54.4 Å². The Balaban J connectivity index is 1.34. The first kappa shape index (κ1) is 21.6. The van der Waals surface area contributed by atoms with E-state index in [1.165, 1.54) is 38.6 Å². The molecule has 4 nitrogen and oxygen atoms in total. The third-order valence-electron chi connectivity index (χ3n) is 9.53. The minimum Gasteiger partial charge on any atom is -0.465 e. The largest absolute Gasteiger partial charge is 0.465 e. The van der Waals surface area contributed by atoms with Crippen molar-refractivity contribution in [3.63, 3.8) is 0 Å². The minimum absolute atomic E-state index is 0.0690. The van der Waals surface area contributed by atoms with Crippen LogP contribution in [0.3, 0.4) is 0 Å². The standard InChI is InChI=1S/C25H44N2O2/c1-6-15(4)27-14-25(5)12-17-11-20(25)23-16-9-18(19(10-16)22(17)23)13-26-21(7-2)24(28)29-8-3/h15-23,26-27H,6-14H2,1-5H3. The number of carbonyl (C=O) groups excluding carboxylic acids is 1. The Bertz CT molecular complexity index is 595. The number of esters is 1. The maximum atomic E-state index is 12.1. The number of hydrogen-bond acceptors (Lipinski definition) is 4. The van der Waals surface area contributed by atoms with Gasteiger partial charge in [-0.25, -0.2) is 0 Å². The van der Waals surface area contributed by atoms with Gasteiger partial charge in [0.15, 0.2) is 0 Å². The normalized spacial score (nSPS) is 44.1. The maximum absolute atomic E-state index is 12.1. The van der Waals surface area contributed by atoms with Crippen molar-refractivity contribution in [3.8, 4) is 0 Å². The summed E-state index contributed by atoms with van der Waals surface area (Å²) in [7, 11) is 0. The third kappa shape index (κ3) is 3.78. The number of hydrogen-bond donors (Lipinski definition) is 2. The SMILES string of the molecule is CCOC(=O)C(CC)NCC1CC2CC1C1C3CC(C21)C(C)(CNC(C)CC)C3. The van der Waals surface area contributed by atoms with Crippen LogP contribution in [-0.2, 0) is 9.53 Å². The second kappa shape index (κ2) is 8.49. The average molecular weight is 405 g/mol. The van der Waals surface area contributed by atoms with Gasteiger partial charge >= 0.3 is 5.97 Å². The van der Waals surface area contributed by atoms with Crippen LogP contribution >= 0.6 is 0 Å². The van der Waals surface area contributed by atoms with Gasteiger partial charge in [-0.3, -0.25) is 4.79 Å². The lowest BCUT2D eigenvalue weighted by Crippen LogP contribution is -2.47. The Labute approximate surface area is 178 Å². The average Bonchev–Trinajstić information content (AvgIpc) is 3.44. The van der Waals surface area contributed by atoms with Gasteiger partial charge in [-0.2, -0.15) is 0 Å². The highest BCUT2D eigenvalue weighted by molar-refractivity contribution is 5.75. The predicted octanol–water partition coefficient (Wildman–Crippen LogP) is 4.24. The van der Waals surface area contributed by atoms with E-state index in [0.29, 0.717) is 18.1 Å². The van der Waals surface area contributed by atoms with Gasteiger partial charge in [0.2, 0.25) is 0 Å². The number of nitrogens with one attached hydrogen (secondary N) is 2. The lowest BCUT2D eigenvalue weighted by atomic mass is 9.60. The van der Waals surface area contributed by atoms with E-state index >= 15 is 0 Å². The van der Waals surface area contributed by atoms with Gasteiger partial charge in [-0.05, 0) is 106 Å². The molecule has 0 amide bonds. The van der Waals surface area contributed by atoms with Crippen molar-refractivity contribution in [1.82, 2.24) is 10.6 Å². The highest BCUT2D eigenvalue weighted by Crippen LogP contribution is 2.72. The third-order valence-corrected chi connectivity index (χ3v) is 9.53. The molecule has 10 atom stereocenters. The van der Waals surface area contributed by atoms with Crippen molar-refractivity contribution in [1.29, 1.82) is 0 Å². The fraction of sp³-hybridized carbons (Fsp3) is 0.960. The van der Waals surface area contributed by atoms with Crippen LogP contribution in [-0.4, -0.2) is 37.7 Å². The molecule has 29 heavy (non-hydrogen) atoms. The van der Waals surface area contributed by atoms with Gasteiger partial charge in [0, 0.05) is 12.6 Å². The Morgan fingerprint density at radius 1 is 1.07 bits per heavy atom. The molecule has 166 valence electrons. The molecule has 2 N–H and O–H groups in total. The monoisotopic (exact) mass is 404 g/mol. The van der Waals surface area contributed by atoms with E-state index < -0.39 is 0 Å². The van der Waals surface area contributed by atoms with Crippen molar-refractivity contribution < 1.29 is 9.53 Å². The van der Waals surface area contributed by atoms with Crippen LogP contribution in [0.5, 0.6) is 0 Å². The van der Waals surface area contributed by atoms with Gasteiger partial charge in [0.05, 0.1) is 6.61 Å². The van der Waals surface area contributed by atoms with Crippen LogP contribution in [0.2, 0.25) is 0 Å². The first-order valence-corrected chi connectivity index (χ1v) is 12.5. The molecular formula is C25H44N2O2. The van der Waals surface area contributed by atoms with Gasteiger partial charge in [-0.15, -0.1) is 0 Å². The molecule has 0 aliphatic heterocycles. The van der Waals surface area contributed by atoms with Crippen LogP contribution in [0.15, 0.2) is 0 Å². The van der Waals surface area contributed by atoms with Gasteiger partial charge in [-0.1, -0.05) is 20.8 Å². The van der Waals surface area contributed by atoms with E-state index in [9.17, 15) is 4.79 Å². The lowest BCUT2D eigenvalue weighted by Gasteiger charge is -2.47. The fourth-order valence-electron chi connectivity index (χ4n) is 8.13. The van der Waals surface area contributed by atoms with Crippen molar-refractivity contribution in [2.75, 3.05) is 19.7 Å².